The number of likely N-dealkylation sites (N-methyl/N-ethyl adjacent to an activating group) is 1. The summed E-state index contributed by atoms with van der Waals surface area (Å²) >= 11 is 0. The van der Waals surface area contributed by atoms with Crippen LogP contribution < -0.4 is 14.8 Å². The second-order valence-electron chi connectivity index (χ2n) is 5.42. The Hall–Kier alpha value is -2.28. The van der Waals surface area contributed by atoms with Crippen LogP contribution in [0.2, 0.25) is 0 Å². The quantitative estimate of drug-likeness (QED) is 0.835. The molecule has 0 unspecified atom stereocenters. The maximum atomic E-state index is 12.2. The van der Waals surface area contributed by atoms with Gasteiger partial charge >= 0.3 is 5.97 Å². The highest BCUT2D eigenvalue weighted by molar-refractivity contribution is 5.94. The number of hydrogen-bond acceptors (Lipinski definition) is 6. The van der Waals surface area contributed by atoms with Crippen LogP contribution in [0.25, 0.3) is 0 Å². The Morgan fingerprint density at radius 2 is 2.00 bits per heavy atom. The van der Waals surface area contributed by atoms with Gasteiger partial charge in [-0.25, -0.2) is 0 Å². The lowest BCUT2D eigenvalue weighted by atomic mass is 10.1. The minimum absolute atomic E-state index is 0.0706. The molecular formula is C16H20N2O5. The van der Waals surface area contributed by atoms with Crippen LogP contribution in [-0.4, -0.2) is 55.7 Å². The number of cyclic esters (lactones) is 1. The Labute approximate surface area is 134 Å². The van der Waals surface area contributed by atoms with Crippen molar-refractivity contribution < 1.29 is 23.8 Å². The number of anilines is 1. The van der Waals surface area contributed by atoms with Crippen LogP contribution in [0, 0.1) is 0 Å². The summed E-state index contributed by atoms with van der Waals surface area (Å²) in [6, 6.07) is 4.72. The first kappa shape index (κ1) is 15.6. The van der Waals surface area contributed by atoms with E-state index in [2.05, 4.69) is 5.32 Å². The molecule has 1 amide bonds. The molecule has 1 aromatic carbocycles. The van der Waals surface area contributed by atoms with E-state index >= 15 is 0 Å². The van der Waals surface area contributed by atoms with E-state index in [9.17, 15) is 9.59 Å². The molecule has 0 spiro atoms. The Bertz CT molecular complexity index is 604. The fourth-order valence-electron chi connectivity index (χ4n) is 2.76. The molecule has 2 heterocycles. The normalized spacial score (nSPS) is 20.7. The van der Waals surface area contributed by atoms with Gasteiger partial charge in [0.15, 0.2) is 11.5 Å². The zero-order valence-electron chi connectivity index (χ0n) is 13.0. The summed E-state index contributed by atoms with van der Waals surface area (Å²) in [7, 11) is 0. The fourth-order valence-corrected chi connectivity index (χ4v) is 2.76. The fraction of sp³-hybridized carbons (Fsp3) is 0.500. The molecule has 3 rings (SSSR count). The molecule has 0 bridgehead atoms. The first-order valence-electron chi connectivity index (χ1n) is 7.77. The molecule has 0 radical (unpaired) electrons. The van der Waals surface area contributed by atoms with Gasteiger partial charge in [0.25, 0.3) is 0 Å². The molecule has 7 nitrogen and oxygen atoms in total. The Morgan fingerprint density at radius 1 is 1.22 bits per heavy atom. The van der Waals surface area contributed by atoms with Gasteiger partial charge in [0.05, 0.1) is 6.42 Å². The van der Waals surface area contributed by atoms with E-state index in [0.717, 1.165) is 0 Å². The minimum Gasteiger partial charge on any atom is -0.486 e. The molecule has 1 atom stereocenters. The van der Waals surface area contributed by atoms with E-state index in [4.69, 9.17) is 14.2 Å². The number of esters is 1. The summed E-state index contributed by atoms with van der Waals surface area (Å²) in [6.07, 6.45) is 0.0706. The van der Waals surface area contributed by atoms with Gasteiger partial charge in [-0.3, -0.25) is 14.5 Å². The van der Waals surface area contributed by atoms with Crippen molar-refractivity contribution in [1.82, 2.24) is 4.90 Å². The average molecular weight is 320 g/mol. The van der Waals surface area contributed by atoms with Gasteiger partial charge in [-0.05, 0) is 18.7 Å². The molecule has 124 valence electrons. The zero-order chi connectivity index (χ0) is 16.2. The monoisotopic (exact) mass is 320 g/mol. The minimum atomic E-state index is -0.522. The molecule has 1 fully saturated rings. The van der Waals surface area contributed by atoms with Gasteiger partial charge in [-0.15, -0.1) is 0 Å². The van der Waals surface area contributed by atoms with E-state index < -0.39 is 6.04 Å². The van der Waals surface area contributed by atoms with E-state index in [-0.39, 0.29) is 18.3 Å². The maximum absolute atomic E-state index is 12.2. The summed E-state index contributed by atoms with van der Waals surface area (Å²) in [5.74, 6) is 0.711. The highest BCUT2D eigenvalue weighted by Crippen LogP contribution is 2.32. The third-order valence-electron chi connectivity index (χ3n) is 3.95. The van der Waals surface area contributed by atoms with Crippen molar-refractivity contribution in [3.05, 3.63) is 18.2 Å². The largest absolute Gasteiger partial charge is 0.486 e. The number of hydrogen-bond donors (Lipinski definition) is 1. The number of amides is 1. The summed E-state index contributed by atoms with van der Waals surface area (Å²) < 4.78 is 16.0. The van der Waals surface area contributed by atoms with Crippen LogP contribution in [0.1, 0.15) is 13.3 Å². The average Bonchev–Trinajstić information content (AvgIpc) is 2.56. The molecular weight excluding hydrogens is 300 g/mol. The van der Waals surface area contributed by atoms with E-state index in [1.165, 1.54) is 0 Å². The lowest BCUT2D eigenvalue weighted by molar-refractivity contribution is -0.158. The van der Waals surface area contributed by atoms with E-state index in [1.807, 2.05) is 11.8 Å². The first-order valence-corrected chi connectivity index (χ1v) is 7.77. The van der Waals surface area contributed by atoms with E-state index in [1.54, 1.807) is 18.2 Å². The predicted molar refractivity (Wildman–Crippen MR) is 82.7 cm³/mol. The molecule has 2 aliphatic rings. The molecule has 7 heteroatoms. The number of carbonyl (C=O) groups excluding carboxylic acids is 2. The molecule has 1 N–H and O–H groups in total. The SMILES string of the molecule is CCN1CCOC(=O)[C@H]1CC(=O)Nc1ccc2c(c1)OCCO2. The number of fused-ring (bicyclic) bond motifs is 1. The zero-order valence-corrected chi connectivity index (χ0v) is 13.0. The molecule has 1 saturated heterocycles. The lowest BCUT2D eigenvalue weighted by Crippen LogP contribution is -2.50. The molecule has 0 saturated carbocycles. The topological polar surface area (TPSA) is 77.1 Å². The Kier molecular flexibility index (Phi) is 4.66. The van der Waals surface area contributed by atoms with Crippen LogP contribution in [-0.2, 0) is 14.3 Å². The van der Waals surface area contributed by atoms with Crippen molar-refractivity contribution >= 4 is 17.6 Å². The molecule has 0 aromatic heterocycles. The van der Waals surface area contributed by atoms with Gasteiger partial charge in [0.2, 0.25) is 5.91 Å². The standard InChI is InChI=1S/C16H20N2O5/c1-2-18-5-6-23-16(20)12(18)10-15(19)17-11-3-4-13-14(9-11)22-8-7-21-13/h3-4,9,12H,2,5-8,10H2,1H3,(H,17,19)/t12-/m1/s1. The van der Waals surface area contributed by atoms with Crippen molar-refractivity contribution in [3.8, 4) is 11.5 Å². The molecule has 0 aliphatic carbocycles. The van der Waals surface area contributed by atoms with Gasteiger partial charge < -0.3 is 19.5 Å². The van der Waals surface area contributed by atoms with Gasteiger partial charge in [-0.1, -0.05) is 6.92 Å². The van der Waals surface area contributed by atoms with Gasteiger partial charge in [-0.2, -0.15) is 0 Å². The predicted octanol–water partition coefficient (Wildman–Crippen LogP) is 1.03. The third kappa shape index (κ3) is 3.56. The summed E-state index contributed by atoms with van der Waals surface area (Å²) in [5.41, 5.74) is 0.617. The first-order chi connectivity index (χ1) is 11.2. The summed E-state index contributed by atoms with van der Waals surface area (Å²) in [5, 5.41) is 2.80. The van der Waals surface area contributed by atoms with Gasteiger partial charge in [0.1, 0.15) is 25.9 Å². The van der Waals surface area contributed by atoms with Crippen molar-refractivity contribution in [2.75, 3.05) is 38.2 Å². The summed E-state index contributed by atoms with van der Waals surface area (Å²) in [4.78, 5) is 26.1. The smallest absolute Gasteiger partial charge is 0.323 e. The van der Waals surface area contributed by atoms with Crippen LogP contribution in [0.15, 0.2) is 18.2 Å². The van der Waals surface area contributed by atoms with E-state index in [0.29, 0.717) is 50.1 Å². The third-order valence-corrected chi connectivity index (χ3v) is 3.95. The van der Waals surface area contributed by atoms with Crippen LogP contribution in [0.4, 0.5) is 5.69 Å². The number of nitrogens with zero attached hydrogens (tertiary/aromatic N) is 1. The molecule has 2 aliphatic heterocycles. The molecule has 23 heavy (non-hydrogen) atoms. The highest BCUT2D eigenvalue weighted by atomic mass is 16.6. The molecule has 1 aromatic rings. The number of carbonyl (C=O) groups is 2. The van der Waals surface area contributed by atoms with Crippen molar-refractivity contribution in [3.63, 3.8) is 0 Å². The highest BCUT2D eigenvalue weighted by Gasteiger charge is 2.32. The second kappa shape index (κ2) is 6.87. The van der Waals surface area contributed by atoms with Crippen LogP contribution >= 0.6 is 0 Å². The summed E-state index contributed by atoms with van der Waals surface area (Å²) in [6.45, 7) is 4.72. The Balaban J connectivity index is 1.63. The number of benzene rings is 1. The number of morpholine rings is 1. The number of rotatable bonds is 4. The van der Waals surface area contributed by atoms with Crippen molar-refractivity contribution in [2.45, 2.75) is 19.4 Å². The van der Waals surface area contributed by atoms with Crippen molar-refractivity contribution in [1.29, 1.82) is 0 Å². The second-order valence-corrected chi connectivity index (χ2v) is 5.42. The number of nitrogens with one attached hydrogen (secondary N) is 1. The van der Waals surface area contributed by atoms with Crippen molar-refractivity contribution in [2.24, 2.45) is 0 Å². The Morgan fingerprint density at radius 3 is 2.78 bits per heavy atom. The van der Waals surface area contributed by atoms with Gasteiger partial charge in [0, 0.05) is 18.3 Å². The lowest BCUT2D eigenvalue weighted by Gasteiger charge is -2.32. The van der Waals surface area contributed by atoms with Crippen LogP contribution in [0.3, 0.4) is 0 Å². The number of ether oxygens (including phenoxy) is 3. The van der Waals surface area contributed by atoms with Crippen LogP contribution in [0.5, 0.6) is 11.5 Å². The maximum Gasteiger partial charge on any atom is 0.323 e.